The molecule has 0 saturated carbocycles. The third-order valence-electron chi connectivity index (χ3n) is 5.05. The number of amides is 1. The van der Waals surface area contributed by atoms with Crippen molar-refractivity contribution >= 4 is 11.6 Å². The predicted octanol–water partition coefficient (Wildman–Crippen LogP) is 2.24. The van der Waals surface area contributed by atoms with E-state index in [-0.39, 0.29) is 5.91 Å². The van der Waals surface area contributed by atoms with Gasteiger partial charge in [-0.2, -0.15) is 5.10 Å². The van der Waals surface area contributed by atoms with Crippen molar-refractivity contribution in [2.45, 2.75) is 26.8 Å². The Bertz CT molecular complexity index is 791. The molecule has 4 rings (SSSR count). The Morgan fingerprint density at radius 3 is 2.72 bits per heavy atom. The van der Waals surface area contributed by atoms with E-state index in [1.165, 1.54) is 16.8 Å². The summed E-state index contributed by atoms with van der Waals surface area (Å²) in [6.45, 7) is 8.87. The lowest BCUT2D eigenvalue weighted by Gasteiger charge is -2.37. The normalized spacial score (nSPS) is 17.2. The van der Waals surface area contributed by atoms with Gasteiger partial charge in [0.05, 0.1) is 12.8 Å². The Morgan fingerprint density at radius 1 is 1.12 bits per heavy atom. The molecule has 0 spiro atoms. The molecule has 0 aliphatic carbocycles. The van der Waals surface area contributed by atoms with Crippen LogP contribution in [0.2, 0.25) is 0 Å². The molecule has 0 unspecified atom stereocenters. The van der Waals surface area contributed by atoms with Gasteiger partial charge in [-0.15, -0.1) is 0 Å². The van der Waals surface area contributed by atoms with Crippen LogP contribution in [0.3, 0.4) is 0 Å². The highest BCUT2D eigenvalue weighted by Gasteiger charge is 2.28. The lowest BCUT2D eigenvalue weighted by Crippen LogP contribution is -2.49. The zero-order valence-electron chi connectivity index (χ0n) is 14.9. The average Bonchev–Trinajstić information content (AvgIpc) is 3.07. The first kappa shape index (κ1) is 16.0. The maximum absolute atomic E-state index is 12.9. The zero-order chi connectivity index (χ0) is 17.4. The zero-order valence-corrected chi connectivity index (χ0v) is 14.9. The molecule has 0 atom stereocenters. The third kappa shape index (κ3) is 2.97. The SMILES string of the molecule is Cc1ccc(C)c(N2CCN(C(=O)c3cnn4c3OCCC4)CC2)c1. The van der Waals surface area contributed by atoms with Gasteiger partial charge in [0.1, 0.15) is 5.56 Å². The first-order chi connectivity index (χ1) is 12.1. The van der Waals surface area contributed by atoms with Crippen LogP contribution in [-0.2, 0) is 6.54 Å². The summed E-state index contributed by atoms with van der Waals surface area (Å²) in [5, 5.41) is 4.29. The molecular weight excluding hydrogens is 316 g/mol. The predicted molar refractivity (Wildman–Crippen MR) is 96.4 cm³/mol. The molecule has 0 bridgehead atoms. The number of rotatable bonds is 2. The number of benzene rings is 1. The van der Waals surface area contributed by atoms with E-state index in [0.717, 1.165) is 39.1 Å². The fourth-order valence-electron chi connectivity index (χ4n) is 3.60. The molecule has 6 heteroatoms. The molecule has 1 aromatic carbocycles. The second-order valence-corrected chi connectivity index (χ2v) is 6.86. The fraction of sp³-hybridized carbons (Fsp3) is 0.474. The highest BCUT2D eigenvalue weighted by molar-refractivity contribution is 5.96. The van der Waals surface area contributed by atoms with E-state index < -0.39 is 0 Å². The largest absolute Gasteiger partial charge is 0.477 e. The minimum atomic E-state index is 0.0313. The van der Waals surface area contributed by atoms with Crippen LogP contribution in [0.1, 0.15) is 27.9 Å². The van der Waals surface area contributed by atoms with E-state index >= 15 is 0 Å². The van der Waals surface area contributed by atoms with Crippen molar-refractivity contribution in [2.75, 3.05) is 37.7 Å². The molecule has 25 heavy (non-hydrogen) atoms. The van der Waals surface area contributed by atoms with Gasteiger partial charge in [0.2, 0.25) is 5.88 Å². The number of fused-ring (bicyclic) bond motifs is 1. The van der Waals surface area contributed by atoms with Crippen molar-refractivity contribution in [3.63, 3.8) is 0 Å². The Hall–Kier alpha value is -2.50. The molecule has 3 heterocycles. The Morgan fingerprint density at radius 2 is 1.92 bits per heavy atom. The monoisotopic (exact) mass is 340 g/mol. The Balaban J connectivity index is 1.46. The van der Waals surface area contributed by atoms with Crippen LogP contribution in [0.4, 0.5) is 5.69 Å². The van der Waals surface area contributed by atoms with Gasteiger partial charge in [0.15, 0.2) is 0 Å². The van der Waals surface area contributed by atoms with Gasteiger partial charge in [-0.3, -0.25) is 4.79 Å². The molecular formula is C19H24N4O2. The van der Waals surface area contributed by atoms with Crippen molar-refractivity contribution in [3.8, 4) is 5.88 Å². The number of anilines is 1. The van der Waals surface area contributed by atoms with E-state index in [2.05, 4.69) is 42.0 Å². The number of carbonyl (C=O) groups is 1. The van der Waals surface area contributed by atoms with Gasteiger partial charge in [-0.05, 0) is 31.0 Å². The van der Waals surface area contributed by atoms with E-state index in [1.807, 2.05) is 4.90 Å². The number of piperazine rings is 1. The molecule has 2 aliphatic heterocycles. The van der Waals surface area contributed by atoms with Crippen molar-refractivity contribution in [3.05, 3.63) is 41.1 Å². The summed E-state index contributed by atoms with van der Waals surface area (Å²) in [5.41, 5.74) is 4.42. The average molecular weight is 340 g/mol. The molecule has 1 amide bonds. The summed E-state index contributed by atoms with van der Waals surface area (Å²) in [7, 11) is 0. The number of aromatic nitrogens is 2. The van der Waals surface area contributed by atoms with Crippen LogP contribution in [0.25, 0.3) is 0 Å². The van der Waals surface area contributed by atoms with Gasteiger partial charge < -0.3 is 14.5 Å². The van der Waals surface area contributed by atoms with Crippen LogP contribution in [-0.4, -0.2) is 53.4 Å². The van der Waals surface area contributed by atoms with Gasteiger partial charge in [0.25, 0.3) is 5.91 Å². The molecule has 6 nitrogen and oxygen atoms in total. The standard InChI is InChI=1S/C19H24N4O2/c1-14-4-5-15(2)17(12-14)21-7-9-22(10-8-21)18(24)16-13-20-23-6-3-11-25-19(16)23/h4-5,12-13H,3,6-11H2,1-2H3. The van der Waals surface area contributed by atoms with Crippen LogP contribution < -0.4 is 9.64 Å². The molecule has 1 fully saturated rings. The fourth-order valence-corrected chi connectivity index (χ4v) is 3.60. The molecule has 132 valence electrons. The van der Waals surface area contributed by atoms with Gasteiger partial charge in [0, 0.05) is 44.8 Å². The molecule has 2 aromatic rings. The first-order valence-electron chi connectivity index (χ1n) is 8.93. The third-order valence-corrected chi connectivity index (χ3v) is 5.05. The number of hydrogen-bond donors (Lipinski definition) is 0. The van der Waals surface area contributed by atoms with Gasteiger partial charge in [-0.25, -0.2) is 4.68 Å². The number of nitrogens with zero attached hydrogens (tertiary/aromatic N) is 4. The second kappa shape index (κ2) is 6.43. The number of carbonyl (C=O) groups excluding carboxylic acids is 1. The summed E-state index contributed by atoms with van der Waals surface area (Å²) in [6.07, 6.45) is 2.59. The lowest BCUT2D eigenvalue weighted by molar-refractivity contribution is 0.0740. The molecule has 2 aliphatic rings. The highest BCUT2D eigenvalue weighted by Crippen LogP contribution is 2.26. The maximum Gasteiger partial charge on any atom is 0.261 e. The molecule has 0 radical (unpaired) electrons. The van der Waals surface area contributed by atoms with Crippen LogP contribution in [0, 0.1) is 13.8 Å². The van der Waals surface area contributed by atoms with Crippen LogP contribution in [0.15, 0.2) is 24.4 Å². The van der Waals surface area contributed by atoms with Gasteiger partial charge >= 0.3 is 0 Å². The summed E-state index contributed by atoms with van der Waals surface area (Å²) in [6, 6.07) is 6.54. The second-order valence-electron chi connectivity index (χ2n) is 6.86. The van der Waals surface area contributed by atoms with E-state index in [1.54, 1.807) is 10.9 Å². The molecule has 1 saturated heterocycles. The Labute approximate surface area is 148 Å². The minimum Gasteiger partial charge on any atom is -0.477 e. The minimum absolute atomic E-state index is 0.0313. The number of ether oxygens (including phenoxy) is 1. The van der Waals surface area contributed by atoms with E-state index in [4.69, 9.17) is 4.74 Å². The summed E-state index contributed by atoms with van der Waals surface area (Å²) in [5.74, 6) is 0.664. The lowest BCUT2D eigenvalue weighted by atomic mass is 10.1. The van der Waals surface area contributed by atoms with Crippen molar-refractivity contribution in [1.82, 2.24) is 14.7 Å². The quantitative estimate of drug-likeness (QED) is 0.841. The molecule has 0 N–H and O–H groups in total. The van der Waals surface area contributed by atoms with Gasteiger partial charge in [-0.1, -0.05) is 12.1 Å². The Kier molecular flexibility index (Phi) is 4.11. The smallest absolute Gasteiger partial charge is 0.261 e. The maximum atomic E-state index is 12.9. The summed E-state index contributed by atoms with van der Waals surface area (Å²) >= 11 is 0. The number of aryl methyl sites for hydroxylation is 3. The van der Waals surface area contributed by atoms with E-state index in [0.29, 0.717) is 18.1 Å². The first-order valence-corrected chi connectivity index (χ1v) is 8.93. The topological polar surface area (TPSA) is 50.6 Å². The van der Waals surface area contributed by atoms with Crippen LogP contribution >= 0.6 is 0 Å². The summed E-state index contributed by atoms with van der Waals surface area (Å²) < 4.78 is 7.46. The van der Waals surface area contributed by atoms with Crippen molar-refractivity contribution in [2.24, 2.45) is 0 Å². The van der Waals surface area contributed by atoms with Crippen molar-refractivity contribution in [1.29, 1.82) is 0 Å². The number of hydrogen-bond acceptors (Lipinski definition) is 4. The summed E-state index contributed by atoms with van der Waals surface area (Å²) in [4.78, 5) is 17.2. The highest BCUT2D eigenvalue weighted by atomic mass is 16.5. The van der Waals surface area contributed by atoms with Crippen molar-refractivity contribution < 1.29 is 9.53 Å². The molecule has 1 aromatic heterocycles. The van der Waals surface area contributed by atoms with Crippen LogP contribution in [0.5, 0.6) is 5.88 Å². The van der Waals surface area contributed by atoms with E-state index in [9.17, 15) is 4.79 Å².